The minimum absolute atomic E-state index is 0.0706. The fourth-order valence-corrected chi connectivity index (χ4v) is 2.22. The lowest BCUT2D eigenvalue weighted by atomic mass is 10.2. The Balaban J connectivity index is 2.06. The van der Waals surface area contributed by atoms with Crippen molar-refractivity contribution in [1.82, 2.24) is 4.90 Å². The molecule has 1 aliphatic heterocycles. The number of benzene rings is 1. The second-order valence-electron chi connectivity index (χ2n) is 5.02. The van der Waals surface area contributed by atoms with Crippen molar-refractivity contribution in [2.45, 2.75) is 25.5 Å². The van der Waals surface area contributed by atoms with Crippen molar-refractivity contribution in [1.29, 1.82) is 0 Å². The van der Waals surface area contributed by atoms with Crippen LogP contribution in [0.5, 0.6) is 0 Å². The van der Waals surface area contributed by atoms with E-state index in [-0.39, 0.29) is 13.0 Å². The van der Waals surface area contributed by atoms with Crippen LogP contribution < -0.4 is 5.32 Å². The van der Waals surface area contributed by atoms with Crippen LogP contribution in [0, 0.1) is 6.92 Å². The molecule has 0 radical (unpaired) electrons. The Hall–Kier alpha value is -2.41. The largest absolute Gasteiger partial charge is 0.480 e. The van der Waals surface area contributed by atoms with Crippen LogP contribution in [0.3, 0.4) is 0 Å². The van der Waals surface area contributed by atoms with Gasteiger partial charge in [-0.2, -0.15) is 0 Å². The molecule has 7 heteroatoms. The normalized spacial score (nSPS) is 21.1. The first-order valence-corrected chi connectivity index (χ1v) is 6.48. The summed E-state index contributed by atoms with van der Waals surface area (Å²) in [5, 5.41) is 20.9. The number of aliphatic hydroxyl groups excluding tert-OH is 1. The summed E-state index contributed by atoms with van der Waals surface area (Å²) in [5.74, 6) is -3.11. The topological polar surface area (TPSA) is 107 Å². The minimum Gasteiger partial charge on any atom is -0.480 e. The van der Waals surface area contributed by atoms with Gasteiger partial charge in [-0.1, -0.05) is 17.7 Å². The number of aliphatic hydroxyl groups is 1. The second kappa shape index (κ2) is 5.92. The number of nitrogens with one attached hydrogen (secondary N) is 1. The van der Waals surface area contributed by atoms with Gasteiger partial charge in [0.05, 0.1) is 6.10 Å². The zero-order valence-electron chi connectivity index (χ0n) is 11.4. The van der Waals surface area contributed by atoms with Crippen LogP contribution in [0.1, 0.15) is 12.0 Å². The molecule has 2 atom stereocenters. The van der Waals surface area contributed by atoms with Crippen molar-refractivity contribution >= 4 is 23.5 Å². The van der Waals surface area contributed by atoms with Crippen LogP contribution in [0.25, 0.3) is 0 Å². The van der Waals surface area contributed by atoms with E-state index in [1.54, 1.807) is 24.3 Å². The molecule has 2 rings (SSSR count). The van der Waals surface area contributed by atoms with Crippen molar-refractivity contribution in [3.05, 3.63) is 29.8 Å². The van der Waals surface area contributed by atoms with E-state index in [9.17, 15) is 19.5 Å². The summed E-state index contributed by atoms with van der Waals surface area (Å²) in [6, 6.07) is 5.68. The molecular formula is C14H16N2O5. The molecule has 2 amide bonds. The summed E-state index contributed by atoms with van der Waals surface area (Å²) in [6.07, 6.45) is -0.999. The summed E-state index contributed by atoms with van der Waals surface area (Å²) in [4.78, 5) is 35.8. The Kier molecular flexibility index (Phi) is 4.23. The maximum absolute atomic E-state index is 12.0. The summed E-state index contributed by atoms with van der Waals surface area (Å²) >= 11 is 0. The number of carbonyl (C=O) groups is 3. The smallest absolute Gasteiger partial charge is 0.326 e. The highest BCUT2D eigenvalue weighted by Crippen LogP contribution is 2.19. The monoisotopic (exact) mass is 292 g/mol. The van der Waals surface area contributed by atoms with Gasteiger partial charge in [0.1, 0.15) is 6.04 Å². The van der Waals surface area contributed by atoms with Gasteiger partial charge in [0.15, 0.2) is 0 Å². The highest BCUT2D eigenvalue weighted by Gasteiger charge is 2.41. The number of carboxylic acids is 1. The van der Waals surface area contributed by atoms with Gasteiger partial charge < -0.3 is 20.4 Å². The predicted octanol–water partition coefficient (Wildman–Crippen LogP) is -0.0201. The fraction of sp³-hybridized carbons (Fsp3) is 0.357. The van der Waals surface area contributed by atoms with E-state index >= 15 is 0 Å². The molecule has 0 unspecified atom stereocenters. The number of amides is 2. The van der Waals surface area contributed by atoms with Gasteiger partial charge in [-0.15, -0.1) is 0 Å². The first-order valence-electron chi connectivity index (χ1n) is 6.48. The maximum Gasteiger partial charge on any atom is 0.326 e. The Morgan fingerprint density at radius 3 is 2.43 bits per heavy atom. The number of anilines is 1. The van der Waals surface area contributed by atoms with Gasteiger partial charge in [0, 0.05) is 18.7 Å². The first-order chi connectivity index (χ1) is 9.88. The van der Waals surface area contributed by atoms with E-state index in [0.717, 1.165) is 10.5 Å². The number of rotatable bonds is 2. The van der Waals surface area contributed by atoms with Gasteiger partial charge in [-0.05, 0) is 19.1 Å². The van der Waals surface area contributed by atoms with E-state index < -0.39 is 29.9 Å². The standard InChI is InChI=1S/C14H16N2O5/c1-8-2-4-9(5-3-8)15-12(18)13(19)16-7-10(17)6-11(16)14(20)21/h2-5,10-11,17H,6-7H2,1H3,(H,15,18)(H,20,21)/t10-,11-/m0/s1. The van der Waals surface area contributed by atoms with Crippen LogP contribution in [0.15, 0.2) is 24.3 Å². The van der Waals surface area contributed by atoms with Gasteiger partial charge >= 0.3 is 17.8 Å². The highest BCUT2D eigenvalue weighted by molar-refractivity contribution is 6.40. The second-order valence-corrected chi connectivity index (χ2v) is 5.02. The van der Waals surface area contributed by atoms with Crippen molar-refractivity contribution in [3.8, 4) is 0 Å². The average molecular weight is 292 g/mol. The van der Waals surface area contributed by atoms with Crippen molar-refractivity contribution in [2.75, 3.05) is 11.9 Å². The van der Waals surface area contributed by atoms with E-state index in [2.05, 4.69) is 5.32 Å². The maximum atomic E-state index is 12.0. The van der Waals surface area contributed by atoms with Crippen molar-refractivity contribution in [2.24, 2.45) is 0 Å². The minimum atomic E-state index is -1.23. The number of carboxylic acid groups (broad SMARTS) is 1. The molecule has 1 aromatic rings. The van der Waals surface area contributed by atoms with Crippen LogP contribution >= 0.6 is 0 Å². The first kappa shape index (κ1) is 15.0. The van der Waals surface area contributed by atoms with Gasteiger partial charge in [0.25, 0.3) is 0 Å². The molecule has 1 heterocycles. The number of aryl methyl sites for hydroxylation is 1. The number of carbonyl (C=O) groups excluding carboxylic acids is 2. The van der Waals surface area contributed by atoms with Crippen LogP contribution in [0.4, 0.5) is 5.69 Å². The van der Waals surface area contributed by atoms with Crippen molar-refractivity contribution in [3.63, 3.8) is 0 Å². The molecule has 1 aromatic carbocycles. The number of nitrogens with zero attached hydrogens (tertiary/aromatic N) is 1. The number of aliphatic carboxylic acids is 1. The molecule has 0 aromatic heterocycles. The Morgan fingerprint density at radius 1 is 1.24 bits per heavy atom. The molecule has 112 valence electrons. The lowest BCUT2D eigenvalue weighted by molar-refractivity contribution is -0.151. The van der Waals surface area contributed by atoms with Crippen LogP contribution in [-0.4, -0.2) is 51.6 Å². The zero-order valence-corrected chi connectivity index (χ0v) is 11.4. The quantitative estimate of drug-likeness (QED) is 0.664. The predicted molar refractivity (Wildman–Crippen MR) is 73.6 cm³/mol. The van der Waals surface area contributed by atoms with Crippen LogP contribution in [-0.2, 0) is 14.4 Å². The lowest BCUT2D eigenvalue weighted by Gasteiger charge is -2.20. The van der Waals surface area contributed by atoms with Gasteiger partial charge in [-0.3, -0.25) is 9.59 Å². The summed E-state index contributed by atoms with van der Waals surface area (Å²) in [5.41, 5.74) is 1.46. The molecule has 0 spiro atoms. The van der Waals surface area contributed by atoms with Crippen LogP contribution in [0.2, 0.25) is 0 Å². The molecule has 1 fully saturated rings. The number of hydrogen-bond donors (Lipinski definition) is 3. The van der Waals surface area contributed by atoms with Crippen molar-refractivity contribution < 1.29 is 24.6 Å². The fourth-order valence-electron chi connectivity index (χ4n) is 2.22. The molecule has 21 heavy (non-hydrogen) atoms. The third-order valence-electron chi connectivity index (χ3n) is 3.33. The molecule has 0 bridgehead atoms. The van der Waals surface area contributed by atoms with Gasteiger partial charge in [-0.25, -0.2) is 4.79 Å². The Labute approximate surface area is 121 Å². The van der Waals surface area contributed by atoms with E-state index in [1.165, 1.54) is 0 Å². The number of β-amino-alcohol motifs (C(OH)–C–C–N with tert-alkyl or cyclic N) is 1. The highest BCUT2D eigenvalue weighted by atomic mass is 16.4. The molecule has 3 N–H and O–H groups in total. The number of hydrogen-bond acceptors (Lipinski definition) is 4. The Bertz CT molecular complexity index is 569. The molecule has 0 aliphatic carbocycles. The third kappa shape index (κ3) is 3.38. The van der Waals surface area contributed by atoms with E-state index in [4.69, 9.17) is 5.11 Å². The zero-order chi connectivity index (χ0) is 15.6. The molecular weight excluding hydrogens is 276 g/mol. The summed E-state index contributed by atoms with van der Waals surface area (Å²) in [7, 11) is 0. The summed E-state index contributed by atoms with van der Waals surface area (Å²) < 4.78 is 0. The Morgan fingerprint density at radius 2 is 1.86 bits per heavy atom. The van der Waals surface area contributed by atoms with Gasteiger partial charge in [0.2, 0.25) is 0 Å². The average Bonchev–Trinajstić information content (AvgIpc) is 2.82. The molecule has 7 nitrogen and oxygen atoms in total. The molecule has 1 saturated heterocycles. The molecule has 0 saturated carbocycles. The lowest BCUT2D eigenvalue weighted by Crippen LogP contribution is -2.45. The SMILES string of the molecule is Cc1ccc(NC(=O)C(=O)N2C[C@@H](O)C[C@H]2C(=O)O)cc1. The van der Waals surface area contributed by atoms with E-state index in [1.807, 2.05) is 6.92 Å². The van der Waals surface area contributed by atoms with E-state index in [0.29, 0.717) is 5.69 Å². The third-order valence-corrected chi connectivity index (χ3v) is 3.33. The number of likely N-dealkylation sites (tertiary alicyclic amines) is 1. The summed E-state index contributed by atoms with van der Waals surface area (Å²) in [6.45, 7) is 1.73. The molecule has 1 aliphatic rings.